The van der Waals surface area contributed by atoms with Crippen molar-refractivity contribution in [2.45, 2.75) is 24.9 Å². The molecule has 1 aliphatic rings. The SMILES string of the molecule is O=C(O)c1cc(C(F)(F)F)cnc1Nc1nc(-c2ccc(Cl)c(Cl)c2)c(C2CC2)s1. The average Bonchev–Trinajstić information content (AvgIpc) is 3.44. The number of aromatic carboxylic acids is 1. The van der Waals surface area contributed by atoms with Crippen LogP contribution in [0.5, 0.6) is 0 Å². The Morgan fingerprint density at radius 3 is 2.53 bits per heavy atom. The lowest BCUT2D eigenvalue weighted by atomic mass is 10.1. The first kappa shape index (κ1) is 20.9. The number of rotatable bonds is 5. The van der Waals surface area contributed by atoms with Crippen LogP contribution in [-0.2, 0) is 6.18 Å². The molecule has 1 aliphatic carbocycles. The van der Waals surface area contributed by atoms with Gasteiger partial charge in [-0.05, 0) is 37.0 Å². The number of carbonyl (C=O) groups is 1. The van der Waals surface area contributed by atoms with Crippen molar-refractivity contribution in [2.75, 3.05) is 5.32 Å². The highest BCUT2D eigenvalue weighted by molar-refractivity contribution is 7.16. The molecule has 2 aromatic heterocycles. The van der Waals surface area contributed by atoms with E-state index in [-0.39, 0.29) is 5.82 Å². The first-order valence-electron chi connectivity index (χ1n) is 8.67. The van der Waals surface area contributed by atoms with Crippen molar-refractivity contribution in [3.8, 4) is 11.3 Å². The first-order valence-corrected chi connectivity index (χ1v) is 10.2. The zero-order valence-electron chi connectivity index (χ0n) is 14.9. The summed E-state index contributed by atoms with van der Waals surface area (Å²) < 4.78 is 38.7. The van der Waals surface area contributed by atoms with Crippen LogP contribution in [0, 0.1) is 0 Å². The Bertz CT molecular complexity index is 1150. The van der Waals surface area contributed by atoms with Crippen LogP contribution >= 0.6 is 34.5 Å². The van der Waals surface area contributed by atoms with Crippen LogP contribution in [0.1, 0.15) is 39.6 Å². The van der Waals surface area contributed by atoms with E-state index in [1.807, 2.05) is 0 Å². The van der Waals surface area contributed by atoms with Gasteiger partial charge in [-0.1, -0.05) is 29.3 Å². The molecule has 4 rings (SSSR count). The van der Waals surface area contributed by atoms with Crippen molar-refractivity contribution in [1.29, 1.82) is 0 Å². The van der Waals surface area contributed by atoms with E-state index in [2.05, 4.69) is 15.3 Å². The number of nitrogens with zero attached hydrogens (tertiary/aromatic N) is 2. The Morgan fingerprint density at radius 1 is 1.20 bits per heavy atom. The second kappa shape index (κ2) is 7.72. The summed E-state index contributed by atoms with van der Waals surface area (Å²) in [6.07, 6.45) is -2.12. The topological polar surface area (TPSA) is 75.1 Å². The maximum Gasteiger partial charge on any atom is 0.417 e. The van der Waals surface area contributed by atoms with Crippen LogP contribution < -0.4 is 5.32 Å². The summed E-state index contributed by atoms with van der Waals surface area (Å²) >= 11 is 13.4. The molecule has 0 amide bonds. The predicted octanol–water partition coefficient (Wildman–Crippen LogP) is 6.85. The van der Waals surface area contributed by atoms with Gasteiger partial charge in [0.1, 0.15) is 11.4 Å². The van der Waals surface area contributed by atoms with Gasteiger partial charge in [0.15, 0.2) is 5.13 Å². The fraction of sp³-hybridized carbons (Fsp3) is 0.211. The smallest absolute Gasteiger partial charge is 0.417 e. The van der Waals surface area contributed by atoms with Gasteiger partial charge >= 0.3 is 12.1 Å². The van der Waals surface area contributed by atoms with Crippen molar-refractivity contribution in [3.63, 3.8) is 0 Å². The molecule has 0 spiro atoms. The predicted molar refractivity (Wildman–Crippen MR) is 109 cm³/mol. The van der Waals surface area contributed by atoms with E-state index in [1.165, 1.54) is 11.3 Å². The zero-order chi connectivity index (χ0) is 21.6. The summed E-state index contributed by atoms with van der Waals surface area (Å²) in [5.41, 5.74) is -0.314. The lowest BCUT2D eigenvalue weighted by Gasteiger charge is -2.10. The van der Waals surface area contributed by atoms with Gasteiger partial charge in [-0.2, -0.15) is 13.2 Å². The molecule has 0 unspecified atom stereocenters. The van der Waals surface area contributed by atoms with Gasteiger partial charge in [0.25, 0.3) is 0 Å². The molecule has 156 valence electrons. The van der Waals surface area contributed by atoms with E-state index >= 15 is 0 Å². The highest BCUT2D eigenvalue weighted by Crippen LogP contribution is 2.49. The largest absolute Gasteiger partial charge is 0.478 e. The maximum atomic E-state index is 12.9. The number of hydrogen-bond donors (Lipinski definition) is 2. The number of aromatic nitrogens is 2. The number of alkyl halides is 3. The molecule has 1 saturated carbocycles. The second-order valence-electron chi connectivity index (χ2n) is 6.68. The number of halogens is 5. The van der Waals surface area contributed by atoms with E-state index in [0.29, 0.717) is 39.1 Å². The van der Waals surface area contributed by atoms with Crippen LogP contribution in [0.15, 0.2) is 30.5 Å². The molecule has 0 aliphatic heterocycles. The number of hydrogen-bond acceptors (Lipinski definition) is 5. The molecule has 2 heterocycles. The minimum absolute atomic E-state index is 0.215. The van der Waals surface area contributed by atoms with Gasteiger partial charge < -0.3 is 10.4 Å². The molecule has 5 nitrogen and oxygen atoms in total. The van der Waals surface area contributed by atoms with Crippen molar-refractivity contribution in [2.24, 2.45) is 0 Å². The molecule has 0 radical (unpaired) electrons. The van der Waals surface area contributed by atoms with E-state index < -0.39 is 23.3 Å². The molecular weight excluding hydrogens is 462 g/mol. The molecule has 0 bridgehead atoms. The van der Waals surface area contributed by atoms with Crippen LogP contribution in [0.2, 0.25) is 10.0 Å². The van der Waals surface area contributed by atoms with Crippen molar-refractivity contribution >= 4 is 51.5 Å². The number of pyridine rings is 1. The van der Waals surface area contributed by atoms with Crippen LogP contribution in [0.25, 0.3) is 11.3 Å². The number of nitrogens with one attached hydrogen (secondary N) is 1. The monoisotopic (exact) mass is 473 g/mol. The van der Waals surface area contributed by atoms with Gasteiger partial charge in [-0.25, -0.2) is 14.8 Å². The highest BCUT2D eigenvalue weighted by atomic mass is 35.5. The summed E-state index contributed by atoms with van der Waals surface area (Å²) in [5, 5.41) is 13.2. The number of carboxylic acids is 1. The van der Waals surface area contributed by atoms with E-state index in [9.17, 15) is 23.1 Å². The van der Waals surface area contributed by atoms with Gasteiger partial charge in [0.2, 0.25) is 0 Å². The summed E-state index contributed by atoms with van der Waals surface area (Å²) in [5.74, 6) is -1.42. The summed E-state index contributed by atoms with van der Waals surface area (Å²) in [7, 11) is 0. The van der Waals surface area contributed by atoms with Crippen molar-refractivity contribution in [1.82, 2.24) is 9.97 Å². The third kappa shape index (κ3) is 4.23. The molecule has 1 fully saturated rings. The van der Waals surface area contributed by atoms with Crippen LogP contribution in [0.3, 0.4) is 0 Å². The van der Waals surface area contributed by atoms with Gasteiger partial charge in [0.05, 0.1) is 21.3 Å². The molecule has 2 N–H and O–H groups in total. The Morgan fingerprint density at radius 2 is 1.93 bits per heavy atom. The van der Waals surface area contributed by atoms with Crippen LogP contribution in [0.4, 0.5) is 24.1 Å². The Balaban J connectivity index is 1.72. The Kier molecular flexibility index (Phi) is 5.37. The highest BCUT2D eigenvalue weighted by Gasteiger charge is 2.33. The molecule has 11 heteroatoms. The standard InChI is InChI=1S/C19H12Cl2F3N3O2S/c20-12-4-3-9(5-13(12)21)14-15(8-1-2-8)30-18(26-14)27-16-11(17(28)29)6-10(7-25-16)19(22,23)24/h3-8H,1-2H2,(H,28,29)(H,25,26,27). The van der Waals surface area contributed by atoms with E-state index in [1.54, 1.807) is 18.2 Å². The lowest BCUT2D eigenvalue weighted by molar-refractivity contribution is -0.137. The van der Waals surface area contributed by atoms with Crippen LogP contribution in [-0.4, -0.2) is 21.0 Å². The van der Waals surface area contributed by atoms with E-state index in [4.69, 9.17) is 23.2 Å². The fourth-order valence-corrected chi connectivity index (χ4v) is 4.30. The van der Waals surface area contributed by atoms with Gasteiger partial charge in [-0.3, -0.25) is 0 Å². The van der Waals surface area contributed by atoms with Gasteiger partial charge in [-0.15, -0.1) is 11.3 Å². The minimum Gasteiger partial charge on any atom is -0.478 e. The third-order valence-corrected chi connectivity index (χ3v) is 6.34. The molecule has 30 heavy (non-hydrogen) atoms. The minimum atomic E-state index is -4.70. The number of anilines is 2. The van der Waals surface area contributed by atoms with Gasteiger partial charge in [0, 0.05) is 16.6 Å². The van der Waals surface area contributed by atoms with Crippen molar-refractivity contribution in [3.05, 3.63) is 56.5 Å². The Hall–Kier alpha value is -2.36. The first-order chi connectivity index (χ1) is 14.1. The number of benzene rings is 1. The molecule has 0 atom stereocenters. The zero-order valence-corrected chi connectivity index (χ0v) is 17.3. The summed E-state index contributed by atoms with van der Waals surface area (Å²) in [6.45, 7) is 0. The molecule has 3 aromatic rings. The normalized spacial score (nSPS) is 14.0. The second-order valence-corrected chi connectivity index (χ2v) is 8.53. The number of carboxylic acid groups (broad SMARTS) is 1. The van der Waals surface area contributed by atoms with Crippen molar-refractivity contribution < 1.29 is 23.1 Å². The number of thiazole rings is 1. The molecule has 0 saturated heterocycles. The van der Waals surface area contributed by atoms with E-state index in [0.717, 1.165) is 23.3 Å². The quantitative estimate of drug-likeness (QED) is 0.423. The third-order valence-electron chi connectivity index (χ3n) is 4.47. The maximum absolute atomic E-state index is 12.9. The molecular formula is C19H12Cl2F3N3O2S. The fourth-order valence-electron chi connectivity index (χ4n) is 2.84. The summed E-state index contributed by atoms with van der Waals surface area (Å²) in [4.78, 5) is 20.7. The summed E-state index contributed by atoms with van der Waals surface area (Å²) in [6, 6.07) is 5.67. The average molecular weight is 474 g/mol. The molecule has 1 aromatic carbocycles. The lowest BCUT2D eigenvalue weighted by Crippen LogP contribution is -2.11. The Labute approximate surface area is 182 Å².